The van der Waals surface area contributed by atoms with Crippen LogP contribution in [0.4, 0.5) is 13.2 Å². The topological polar surface area (TPSA) is 29.5 Å². The van der Waals surface area contributed by atoms with Gasteiger partial charge < -0.3 is 9.64 Å². The van der Waals surface area contributed by atoms with Crippen molar-refractivity contribution in [2.45, 2.75) is 64.3 Å². The summed E-state index contributed by atoms with van der Waals surface area (Å²) in [7, 11) is 0. The van der Waals surface area contributed by atoms with Gasteiger partial charge in [0.25, 0.3) is 0 Å². The van der Waals surface area contributed by atoms with Gasteiger partial charge in [0, 0.05) is 19.5 Å². The smallest absolute Gasteiger partial charge is 0.420 e. The molecule has 1 aliphatic carbocycles. The molecule has 0 aromatic heterocycles. The van der Waals surface area contributed by atoms with Crippen LogP contribution in [-0.4, -0.2) is 23.5 Å². The summed E-state index contributed by atoms with van der Waals surface area (Å²) < 4.78 is 48.0. The number of carbonyl (C=O) groups is 1. The highest BCUT2D eigenvalue weighted by molar-refractivity contribution is 5.91. The Balaban J connectivity index is 1.71. The number of rotatable bonds is 4. The molecule has 1 saturated heterocycles. The van der Waals surface area contributed by atoms with E-state index in [2.05, 4.69) is 6.92 Å². The highest BCUT2D eigenvalue weighted by atomic mass is 19.4. The molecule has 1 saturated carbocycles. The predicted molar refractivity (Wildman–Crippen MR) is 106 cm³/mol. The van der Waals surface area contributed by atoms with Gasteiger partial charge in [0.05, 0.1) is 6.10 Å². The zero-order valence-electron chi connectivity index (χ0n) is 16.6. The van der Waals surface area contributed by atoms with Gasteiger partial charge in [0.1, 0.15) is 11.3 Å². The summed E-state index contributed by atoms with van der Waals surface area (Å²) >= 11 is 0. The van der Waals surface area contributed by atoms with Crippen molar-refractivity contribution in [1.29, 1.82) is 0 Å². The molecule has 156 valence electrons. The largest absolute Gasteiger partial charge is 0.490 e. The van der Waals surface area contributed by atoms with Crippen LogP contribution in [0.3, 0.4) is 0 Å². The predicted octanol–water partition coefficient (Wildman–Crippen LogP) is 5.94. The van der Waals surface area contributed by atoms with E-state index in [4.69, 9.17) is 4.74 Å². The summed E-state index contributed by atoms with van der Waals surface area (Å²) in [5.41, 5.74) is 0.0320. The maximum absolute atomic E-state index is 14.0. The molecule has 1 amide bonds. The third-order valence-corrected chi connectivity index (χ3v) is 6.19. The van der Waals surface area contributed by atoms with Crippen molar-refractivity contribution in [2.24, 2.45) is 5.92 Å². The second-order valence-electron chi connectivity index (χ2n) is 8.37. The Kier molecular flexibility index (Phi) is 5.45. The van der Waals surface area contributed by atoms with E-state index in [9.17, 15) is 18.0 Å². The summed E-state index contributed by atoms with van der Waals surface area (Å²) in [6, 6.07) is 8.11. The molecule has 6 heteroatoms. The number of likely N-dealkylation sites (tertiary alicyclic amines) is 1. The standard InChI is InChI=1S/C23H26F3NO2/c1-15-7-9-17(10-8-15)29-20-12-11-18-16(14-27-13-3-6-21(27)28)4-2-5-19(18)22(20)23(24,25)26/h2,4-5,11-12,15,17H,3,6-10,13-14H2,1H3/t15-,17+. The fourth-order valence-electron chi connectivity index (χ4n) is 4.54. The van der Waals surface area contributed by atoms with Gasteiger partial charge in [-0.1, -0.05) is 31.2 Å². The summed E-state index contributed by atoms with van der Waals surface area (Å²) in [5.74, 6) is 0.577. The molecule has 2 fully saturated rings. The molecule has 0 unspecified atom stereocenters. The molecule has 0 spiro atoms. The van der Waals surface area contributed by atoms with E-state index < -0.39 is 11.7 Å². The number of hydrogen-bond donors (Lipinski definition) is 0. The number of fused-ring (bicyclic) bond motifs is 1. The number of amides is 1. The normalized spacial score (nSPS) is 23.0. The van der Waals surface area contributed by atoms with Gasteiger partial charge in [-0.05, 0) is 60.4 Å². The highest BCUT2D eigenvalue weighted by Gasteiger charge is 2.37. The number of benzene rings is 2. The van der Waals surface area contributed by atoms with Crippen LogP contribution in [0.2, 0.25) is 0 Å². The Bertz CT molecular complexity index is 901. The SMILES string of the molecule is C[C@H]1CC[C@@H](Oc2ccc3c(CN4CCCC4=O)cccc3c2C(F)(F)F)CC1. The average Bonchev–Trinajstić information content (AvgIpc) is 3.07. The van der Waals surface area contributed by atoms with E-state index in [1.54, 1.807) is 23.1 Å². The van der Waals surface area contributed by atoms with Gasteiger partial charge in [-0.15, -0.1) is 0 Å². The van der Waals surface area contributed by atoms with E-state index in [1.807, 2.05) is 0 Å². The van der Waals surface area contributed by atoms with Crippen LogP contribution in [0.5, 0.6) is 5.75 Å². The fourth-order valence-corrected chi connectivity index (χ4v) is 4.54. The van der Waals surface area contributed by atoms with Crippen molar-refractivity contribution in [3.8, 4) is 5.75 Å². The van der Waals surface area contributed by atoms with Gasteiger partial charge in [-0.2, -0.15) is 13.2 Å². The van der Waals surface area contributed by atoms with Crippen LogP contribution in [-0.2, 0) is 17.5 Å². The molecule has 2 aromatic carbocycles. The van der Waals surface area contributed by atoms with E-state index in [-0.39, 0.29) is 23.1 Å². The van der Waals surface area contributed by atoms with Crippen molar-refractivity contribution in [3.05, 3.63) is 41.5 Å². The Morgan fingerprint density at radius 2 is 1.83 bits per heavy atom. The average molecular weight is 405 g/mol. The van der Waals surface area contributed by atoms with Crippen molar-refractivity contribution < 1.29 is 22.7 Å². The summed E-state index contributed by atoms with van der Waals surface area (Å²) in [6.07, 6.45) is 0.156. The summed E-state index contributed by atoms with van der Waals surface area (Å²) in [4.78, 5) is 13.7. The third-order valence-electron chi connectivity index (χ3n) is 6.19. The Morgan fingerprint density at radius 3 is 2.48 bits per heavy atom. The fraction of sp³-hybridized carbons (Fsp3) is 0.522. The number of halogens is 3. The zero-order valence-corrected chi connectivity index (χ0v) is 16.6. The Morgan fingerprint density at radius 1 is 1.07 bits per heavy atom. The summed E-state index contributed by atoms with van der Waals surface area (Å²) in [5, 5.41) is 0.674. The monoisotopic (exact) mass is 405 g/mol. The van der Waals surface area contributed by atoms with E-state index in [1.165, 1.54) is 12.1 Å². The lowest BCUT2D eigenvalue weighted by Gasteiger charge is -2.28. The van der Waals surface area contributed by atoms with E-state index in [0.29, 0.717) is 30.8 Å². The highest BCUT2D eigenvalue weighted by Crippen LogP contribution is 2.43. The first kappa shape index (κ1) is 20.0. The van der Waals surface area contributed by atoms with Crippen LogP contribution < -0.4 is 4.74 Å². The molecule has 0 N–H and O–H groups in total. The summed E-state index contributed by atoms with van der Waals surface area (Å²) in [6.45, 7) is 3.16. The van der Waals surface area contributed by atoms with Gasteiger partial charge in [-0.3, -0.25) is 4.79 Å². The van der Waals surface area contributed by atoms with E-state index in [0.717, 1.165) is 37.7 Å². The number of carbonyl (C=O) groups excluding carboxylic acids is 1. The van der Waals surface area contributed by atoms with Crippen molar-refractivity contribution in [3.63, 3.8) is 0 Å². The number of nitrogens with zero attached hydrogens (tertiary/aromatic N) is 1. The molecule has 1 aliphatic heterocycles. The lowest BCUT2D eigenvalue weighted by Crippen LogP contribution is -2.25. The minimum absolute atomic E-state index is 0.0597. The molecule has 29 heavy (non-hydrogen) atoms. The van der Waals surface area contributed by atoms with Gasteiger partial charge in [-0.25, -0.2) is 0 Å². The first-order valence-electron chi connectivity index (χ1n) is 10.4. The molecular weight excluding hydrogens is 379 g/mol. The molecular formula is C23H26F3NO2. The Labute approximate surface area is 168 Å². The number of alkyl halides is 3. The second kappa shape index (κ2) is 7.88. The van der Waals surface area contributed by atoms with Crippen molar-refractivity contribution in [1.82, 2.24) is 4.90 Å². The van der Waals surface area contributed by atoms with Crippen molar-refractivity contribution >= 4 is 16.7 Å². The van der Waals surface area contributed by atoms with E-state index >= 15 is 0 Å². The molecule has 4 rings (SSSR count). The molecule has 2 aromatic rings. The van der Waals surface area contributed by atoms with Gasteiger partial charge in [0.15, 0.2) is 0 Å². The molecule has 0 bridgehead atoms. The number of ether oxygens (including phenoxy) is 1. The third kappa shape index (κ3) is 4.21. The van der Waals surface area contributed by atoms with Crippen molar-refractivity contribution in [2.75, 3.05) is 6.54 Å². The van der Waals surface area contributed by atoms with Gasteiger partial charge in [0.2, 0.25) is 5.91 Å². The minimum atomic E-state index is -4.51. The van der Waals surface area contributed by atoms with Crippen LogP contribution in [0, 0.1) is 5.92 Å². The van der Waals surface area contributed by atoms with Crippen LogP contribution in [0.15, 0.2) is 30.3 Å². The minimum Gasteiger partial charge on any atom is -0.490 e. The molecule has 1 heterocycles. The molecule has 0 radical (unpaired) electrons. The quantitative estimate of drug-likeness (QED) is 0.630. The second-order valence-corrected chi connectivity index (χ2v) is 8.37. The molecule has 3 nitrogen and oxygen atoms in total. The lowest BCUT2D eigenvalue weighted by molar-refractivity contribution is -0.138. The zero-order chi connectivity index (χ0) is 20.6. The first-order chi connectivity index (χ1) is 13.8. The van der Waals surface area contributed by atoms with Crippen LogP contribution in [0.25, 0.3) is 10.8 Å². The lowest BCUT2D eigenvalue weighted by atomic mass is 9.89. The molecule has 2 aliphatic rings. The maximum Gasteiger partial charge on any atom is 0.420 e. The molecule has 0 atom stereocenters. The van der Waals surface area contributed by atoms with Crippen LogP contribution >= 0.6 is 0 Å². The van der Waals surface area contributed by atoms with Gasteiger partial charge >= 0.3 is 6.18 Å². The first-order valence-corrected chi connectivity index (χ1v) is 10.4. The number of hydrogen-bond acceptors (Lipinski definition) is 2. The van der Waals surface area contributed by atoms with Crippen LogP contribution in [0.1, 0.15) is 56.6 Å². The Hall–Kier alpha value is -2.24. The maximum atomic E-state index is 14.0.